The first-order valence-corrected chi connectivity index (χ1v) is 11.9. The normalized spacial score (nSPS) is 22.3. The lowest BCUT2D eigenvalue weighted by molar-refractivity contribution is -0.140. The Kier molecular flexibility index (Phi) is 6.54. The van der Waals surface area contributed by atoms with E-state index in [1.54, 1.807) is 23.1 Å². The summed E-state index contributed by atoms with van der Waals surface area (Å²) >= 11 is 0. The van der Waals surface area contributed by atoms with E-state index in [-0.39, 0.29) is 35.5 Å². The van der Waals surface area contributed by atoms with Gasteiger partial charge < -0.3 is 14.5 Å². The Balaban J connectivity index is 1.24. The number of piperazine rings is 1. The molecule has 2 fully saturated rings. The highest BCUT2D eigenvalue weighted by molar-refractivity contribution is 7.90. The van der Waals surface area contributed by atoms with Crippen LogP contribution in [0.3, 0.4) is 0 Å². The largest absolute Gasteiger partial charge is 0.379 e. The molecule has 0 atom stereocenters. The van der Waals surface area contributed by atoms with Crippen molar-refractivity contribution in [2.24, 2.45) is 4.99 Å². The number of amidine groups is 1. The third-order valence-electron chi connectivity index (χ3n) is 5.71. The van der Waals surface area contributed by atoms with E-state index in [1.165, 1.54) is 6.07 Å². The van der Waals surface area contributed by atoms with Crippen LogP contribution in [0, 0.1) is 0 Å². The average molecular weight is 450 g/mol. The van der Waals surface area contributed by atoms with Crippen molar-refractivity contribution in [2.75, 3.05) is 65.6 Å². The zero-order chi connectivity index (χ0) is 21.8. The van der Waals surface area contributed by atoms with Gasteiger partial charge in [0, 0.05) is 51.3 Å². The zero-order valence-electron chi connectivity index (χ0n) is 17.3. The molecular formula is C20H27N5O5S. The van der Waals surface area contributed by atoms with Crippen LogP contribution in [0.2, 0.25) is 0 Å². The van der Waals surface area contributed by atoms with Gasteiger partial charge in [-0.15, -0.1) is 0 Å². The molecule has 2 saturated heterocycles. The minimum atomic E-state index is -3.58. The molecule has 3 heterocycles. The van der Waals surface area contributed by atoms with Crippen LogP contribution in [-0.2, 0) is 24.3 Å². The Morgan fingerprint density at radius 1 is 0.968 bits per heavy atom. The summed E-state index contributed by atoms with van der Waals surface area (Å²) in [5.74, 6) is 0.327. The molecule has 0 radical (unpaired) electrons. The van der Waals surface area contributed by atoms with Gasteiger partial charge in [-0.3, -0.25) is 24.2 Å². The van der Waals surface area contributed by atoms with E-state index in [0.717, 1.165) is 13.1 Å². The van der Waals surface area contributed by atoms with E-state index >= 15 is 0 Å². The Hall–Kier alpha value is -2.50. The molecule has 0 saturated carbocycles. The van der Waals surface area contributed by atoms with Gasteiger partial charge in [-0.05, 0) is 12.1 Å². The van der Waals surface area contributed by atoms with Gasteiger partial charge >= 0.3 is 0 Å². The predicted molar refractivity (Wildman–Crippen MR) is 113 cm³/mol. The summed E-state index contributed by atoms with van der Waals surface area (Å²) in [5, 5.41) is 0. The Labute approximate surface area is 181 Å². The average Bonchev–Trinajstić information content (AvgIpc) is 3.05. The zero-order valence-corrected chi connectivity index (χ0v) is 18.1. The fraction of sp³-hybridized carbons (Fsp3) is 0.550. The first kappa shape index (κ1) is 21.7. The van der Waals surface area contributed by atoms with Gasteiger partial charge in [0.15, 0.2) is 0 Å². The summed E-state index contributed by atoms with van der Waals surface area (Å²) in [6.45, 7) is 5.50. The predicted octanol–water partition coefficient (Wildman–Crippen LogP) is -0.882. The minimum absolute atomic E-state index is 0.0428. The number of morpholine rings is 1. The van der Waals surface area contributed by atoms with Gasteiger partial charge in [-0.2, -0.15) is 0 Å². The molecule has 11 heteroatoms. The SMILES string of the molecule is O=C(CCN=C1NS(=O)(=O)c2ccccc21)N1CCN(C(=O)CN2CCOCC2)CC1. The quantitative estimate of drug-likeness (QED) is 0.625. The monoisotopic (exact) mass is 449 g/mol. The van der Waals surface area contributed by atoms with Crippen molar-refractivity contribution in [3.05, 3.63) is 29.8 Å². The number of aliphatic imine (C=N–C) groups is 1. The number of nitrogens with zero attached hydrogens (tertiary/aromatic N) is 4. The fourth-order valence-electron chi connectivity index (χ4n) is 3.93. The second-order valence-corrected chi connectivity index (χ2v) is 9.38. The summed E-state index contributed by atoms with van der Waals surface area (Å²) in [6, 6.07) is 6.64. The summed E-state index contributed by atoms with van der Waals surface area (Å²) in [4.78, 5) is 35.2. The number of carbonyl (C=O) groups excluding carboxylic acids is 2. The molecule has 31 heavy (non-hydrogen) atoms. The van der Waals surface area contributed by atoms with Crippen molar-refractivity contribution in [3.63, 3.8) is 0 Å². The van der Waals surface area contributed by atoms with E-state index in [1.807, 2.05) is 4.90 Å². The van der Waals surface area contributed by atoms with Crippen molar-refractivity contribution in [1.29, 1.82) is 0 Å². The van der Waals surface area contributed by atoms with Crippen LogP contribution in [0.4, 0.5) is 0 Å². The first-order chi connectivity index (χ1) is 14.9. The molecule has 3 aliphatic heterocycles. The lowest BCUT2D eigenvalue weighted by Crippen LogP contribution is -2.53. The maximum atomic E-state index is 12.5. The van der Waals surface area contributed by atoms with Crippen molar-refractivity contribution >= 4 is 27.7 Å². The fourth-order valence-corrected chi connectivity index (χ4v) is 5.18. The van der Waals surface area contributed by atoms with Crippen LogP contribution >= 0.6 is 0 Å². The third kappa shape index (κ3) is 5.05. The minimum Gasteiger partial charge on any atom is -0.379 e. The van der Waals surface area contributed by atoms with Crippen molar-refractivity contribution in [3.8, 4) is 0 Å². The highest BCUT2D eigenvalue weighted by Gasteiger charge is 2.30. The Morgan fingerprint density at radius 3 is 2.32 bits per heavy atom. The van der Waals surface area contributed by atoms with Gasteiger partial charge in [0.25, 0.3) is 10.0 Å². The smallest absolute Gasteiger partial charge is 0.263 e. The molecule has 3 aliphatic rings. The number of benzene rings is 1. The highest BCUT2D eigenvalue weighted by Crippen LogP contribution is 2.22. The molecule has 0 spiro atoms. The van der Waals surface area contributed by atoms with Crippen LogP contribution in [0.25, 0.3) is 0 Å². The van der Waals surface area contributed by atoms with Crippen molar-refractivity contribution in [2.45, 2.75) is 11.3 Å². The summed E-state index contributed by atoms with van der Waals surface area (Å²) in [5.41, 5.74) is 0.530. The summed E-state index contributed by atoms with van der Waals surface area (Å²) in [7, 11) is -3.58. The van der Waals surface area contributed by atoms with Gasteiger partial charge in [0.05, 0.1) is 31.2 Å². The number of amides is 2. The van der Waals surface area contributed by atoms with Gasteiger partial charge in [-0.1, -0.05) is 12.1 Å². The number of carbonyl (C=O) groups is 2. The number of ether oxygens (including phenoxy) is 1. The van der Waals surface area contributed by atoms with E-state index in [2.05, 4.69) is 14.6 Å². The number of fused-ring (bicyclic) bond motifs is 1. The van der Waals surface area contributed by atoms with E-state index in [0.29, 0.717) is 51.5 Å². The molecule has 0 bridgehead atoms. The number of hydrogen-bond donors (Lipinski definition) is 1. The topological polar surface area (TPSA) is 112 Å². The maximum absolute atomic E-state index is 12.5. The van der Waals surface area contributed by atoms with Gasteiger partial charge in [0.2, 0.25) is 11.8 Å². The number of hydrogen-bond acceptors (Lipinski definition) is 7. The van der Waals surface area contributed by atoms with Crippen molar-refractivity contribution < 1.29 is 22.7 Å². The Bertz CT molecular complexity index is 966. The molecule has 0 aliphatic carbocycles. The Morgan fingerprint density at radius 2 is 1.61 bits per heavy atom. The molecule has 1 aromatic rings. The molecule has 0 unspecified atom stereocenters. The second-order valence-electron chi connectivity index (χ2n) is 7.73. The molecular weight excluding hydrogens is 422 g/mol. The second kappa shape index (κ2) is 9.33. The molecule has 4 rings (SSSR count). The highest BCUT2D eigenvalue weighted by atomic mass is 32.2. The van der Waals surface area contributed by atoms with Crippen LogP contribution in [0.1, 0.15) is 12.0 Å². The summed E-state index contributed by atoms with van der Waals surface area (Å²) < 4.78 is 32.0. The van der Waals surface area contributed by atoms with Crippen molar-refractivity contribution in [1.82, 2.24) is 19.4 Å². The molecule has 2 amide bonds. The van der Waals surface area contributed by atoms with Gasteiger partial charge in [0.1, 0.15) is 5.84 Å². The lowest BCUT2D eigenvalue weighted by Gasteiger charge is -2.36. The molecule has 1 N–H and O–H groups in total. The van der Waals surface area contributed by atoms with E-state index < -0.39 is 10.0 Å². The van der Waals surface area contributed by atoms with Gasteiger partial charge in [-0.25, -0.2) is 8.42 Å². The van der Waals surface area contributed by atoms with Crippen LogP contribution in [0.5, 0.6) is 0 Å². The van der Waals surface area contributed by atoms with E-state index in [4.69, 9.17) is 4.74 Å². The number of rotatable bonds is 5. The third-order valence-corrected chi connectivity index (χ3v) is 7.10. The molecule has 0 aromatic heterocycles. The standard InChI is InChI=1S/C20H27N5O5S/c26-18(5-6-21-20-16-3-1-2-4-17(16)31(28,29)22-20)24-7-9-25(10-8-24)19(27)15-23-11-13-30-14-12-23/h1-4H,5-15H2,(H,21,22). The van der Waals surface area contributed by atoms with Crippen LogP contribution < -0.4 is 4.72 Å². The molecule has 168 valence electrons. The number of nitrogens with one attached hydrogen (secondary N) is 1. The maximum Gasteiger partial charge on any atom is 0.263 e. The van der Waals surface area contributed by atoms with E-state index in [9.17, 15) is 18.0 Å². The van der Waals surface area contributed by atoms with Crippen LogP contribution in [-0.4, -0.2) is 106 Å². The van der Waals surface area contributed by atoms with Crippen LogP contribution in [0.15, 0.2) is 34.2 Å². The lowest BCUT2D eigenvalue weighted by atomic mass is 10.2. The molecule has 10 nitrogen and oxygen atoms in total. The number of sulfonamides is 1. The molecule has 1 aromatic carbocycles. The summed E-state index contributed by atoms with van der Waals surface area (Å²) in [6.07, 6.45) is 0.190. The first-order valence-electron chi connectivity index (χ1n) is 10.5.